The molecule has 0 radical (unpaired) electrons. The van der Waals surface area contributed by atoms with Crippen LogP contribution < -0.4 is 0 Å². The van der Waals surface area contributed by atoms with Gasteiger partial charge in [0, 0.05) is 12.1 Å². The largest absolute Gasteiger partial charge is 0.432 e. The van der Waals surface area contributed by atoms with Gasteiger partial charge in [-0.2, -0.15) is 18.3 Å². The van der Waals surface area contributed by atoms with E-state index in [1.807, 2.05) is 0 Å². The van der Waals surface area contributed by atoms with Crippen LogP contribution in [0.1, 0.15) is 47.7 Å². The van der Waals surface area contributed by atoms with E-state index in [0.29, 0.717) is 0 Å². The zero-order chi connectivity index (χ0) is 21.4. The Hall–Kier alpha value is -1.98. The Labute approximate surface area is 179 Å². The van der Waals surface area contributed by atoms with Gasteiger partial charge in [0.2, 0.25) is 0 Å². The van der Waals surface area contributed by atoms with Crippen LogP contribution in [0.15, 0.2) is 60.8 Å². The molecule has 0 spiro atoms. The molecule has 0 unspecified atom stereocenters. The second-order valence-electron chi connectivity index (χ2n) is 6.47. The third-order valence-electron chi connectivity index (χ3n) is 4.55. The lowest BCUT2D eigenvalue weighted by Gasteiger charge is -2.19. The molecule has 156 valence electrons. The fraction of sp³-hybridized carbons (Fsp3) is 0.318. The van der Waals surface area contributed by atoms with Gasteiger partial charge in [-0.05, 0) is 41.2 Å². The Kier molecular flexibility index (Phi) is 8.60. The van der Waals surface area contributed by atoms with Gasteiger partial charge >= 0.3 is 6.18 Å². The Morgan fingerprint density at radius 2 is 1.28 bits per heavy atom. The maximum Gasteiger partial charge on any atom is 0.432 e. The van der Waals surface area contributed by atoms with E-state index in [1.54, 1.807) is 5.10 Å². The van der Waals surface area contributed by atoms with E-state index in [-0.39, 0.29) is 5.92 Å². The molecule has 7 heteroatoms. The second-order valence-corrected chi connectivity index (χ2v) is 7.63. The number of alkyl halides is 5. The molecule has 29 heavy (non-hydrogen) atoms. The van der Waals surface area contributed by atoms with E-state index in [1.165, 1.54) is 22.3 Å². The first-order chi connectivity index (χ1) is 13.8. The van der Waals surface area contributed by atoms with Gasteiger partial charge in [0.15, 0.2) is 0 Å². The lowest BCUT2D eigenvalue weighted by molar-refractivity contribution is -0.141. The van der Waals surface area contributed by atoms with Gasteiger partial charge in [0.05, 0.1) is 0 Å². The zero-order valence-electron chi connectivity index (χ0n) is 16.2. The van der Waals surface area contributed by atoms with E-state index in [9.17, 15) is 13.2 Å². The number of nitrogens with zero attached hydrogens (tertiary/aromatic N) is 1. The van der Waals surface area contributed by atoms with Crippen LogP contribution in [0, 0.1) is 0 Å². The lowest BCUT2D eigenvalue weighted by Crippen LogP contribution is -2.09. The van der Waals surface area contributed by atoms with Gasteiger partial charge in [-0.15, -0.1) is 23.2 Å². The Bertz CT molecular complexity index is 796. The van der Waals surface area contributed by atoms with Crippen molar-refractivity contribution in [3.63, 3.8) is 0 Å². The number of rotatable bonds is 5. The van der Waals surface area contributed by atoms with Gasteiger partial charge in [-0.1, -0.05) is 62.4 Å². The number of aryl methyl sites for hydroxylation is 2. The SMILES string of the molecule is CCc1ccc(C(c2ccc(CC)cc2)C(Cl)Cl)cc1.FC(F)(F)c1ccn[nH]1. The van der Waals surface area contributed by atoms with Crippen LogP contribution >= 0.6 is 23.2 Å². The molecule has 2 nitrogen and oxygen atoms in total. The number of H-pyrrole nitrogens is 1. The van der Waals surface area contributed by atoms with E-state index in [2.05, 4.69) is 67.5 Å². The molecule has 0 saturated heterocycles. The lowest BCUT2D eigenvalue weighted by atomic mass is 9.91. The van der Waals surface area contributed by atoms with E-state index in [4.69, 9.17) is 23.2 Å². The average molecular weight is 443 g/mol. The number of hydrogen-bond donors (Lipinski definition) is 1. The summed E-state index contributed by atoms with van der Waals surface area (Å²) in [6.45, 7) is 4.31. The van der Waals surface area contributed by atoms with Crippen LogP contribution in [0.4, 0.5) is 13.2 Å². The predicted molar refractivity (Wildman–Crippen MR) is 113 cm³/mol. The molecular weight excluding hydrogens is 420 g/mol. The quantitative estimate of drug-likeness (QED) is 0.416. The Morgan fingerprint density at radius 1 is 0.828 bits per heavy atom. The minimum Gasteiger partial charge on any atom is -0.274 e. The summed E-state index contributed by atoms with van der Waals surface area (Å²) >= 11 is 12.5. The Balaban J connectivity index is 0.000000278. The Morgan fingerprint density at radius 3 is 1.52 bits per heavy atom. The fourth-order valence-corrected chi connectivity index (χ4v) is 3.40. The van der Waals surface area contributed by atoms with Gasteiger partial charge in [0.25, 0.3) is 0 Å². The van der Waals surface area contributed by atoms with E-state index < -0.39 is 16.7 Å². The smallest absolute Gasteiger partial charge is 0.274 e. The summed E-state index contributed by atoms with van der Waals surface area (Å²) in [5, 5.41) is 4.95. The molecule has 2 aromatic carbocycles. The van der Waals surface area contributed by atoms with Crippen LogP contribution in [-0.2, 0) is 19.0 Å². The van der Waals surface area contributed by atoms with Crippen molar-refractivity contribution in [1.29, 1.82) is 0 Å². The first-order valence-electron chi connectivity index (χ1n) is 9.28. The highest BCUT2D eigenvalue weighted by molar-refractivity contribution is 6.45. The van der Waals surface area contributed by atoms with Gasteiger partial charge < -0.3 is 0 Å². The molecule has 0 atom stereocenters. The third kappa shape index (κ3) is 6.79. The highest BCUT2D eigenvalue weighted by Crippen LogP contribution is 2.33. The summed E-state index contributed by atoms with van der Waals surface area (Å²) in [4.78, 5) is -0.449. The number of aromatic nitrogens is 2. The molecule has 0 amide bonds. The maximum atomic E-state index is 11.5. The van der Waals surface area contributed by atoms with Crippen molar-refractivity contribution >= 4 is 23.2 Å². The van der Waals surface area contributed by atoms with Crippen molar-refractivity contribution in [1.82, 2.24) is 10.2 Å². The third-order valence-corrected chi connectivity index (χ3v) is 5.06. The minimum atomic E-state index is -4.30. The molecule has 1 N–H and O–H groups in total. The molecule has 1 heterocycles. The van der Waals surface area contributed by atoms with Crippen molar-refractivity contribution < 1.29 is 13.2 Å². The number of benzene rings is 2. The van der Waals surface area contributed by atoms with E-state index in [0.717, 1.165) is 25.1 Å². The normalized spacial score (nSPS) is 11.5. The predicted octanol–water partition coefficient (Wildman–Crippen LogP) is 7.18. The van der Waals surface area contributed by atoms with Crippen molar-refractivity contribution in [3.05, 3.63) is 88.7 Å². The van der Waals surface area contributed by atoms with Gasteiger partial charge in [-0.3, -0.25) is 5.10 Å². The summed E-state index contributed by atoms with van der Waals surface area (Å²) in [5.41, 5.74) is 4.18. The second kappa shape index (κ2) is 10.7. The molecular formula is C22H23Cl2F3N2. The first-order valence-corrected chi connectivity index (χ1v) is 10.2. The summed E-state index contributed by atoms with van der Waals surface area (Å²) < 4.78 is 34.6. The molecule has 3 aromatic rings. The standard InChI is InChI=1S/C18H20Cl2.C4H3F3N2/c1-3-13-5-9-15(10-6-13)17(18(19)20)16-11-7-14(4-2)8-12-16;5-4(6,7)3-1-2-8-9-3/h5-12,17-18H,3-4H2,1-2H3;1-2H,(H,8,9). The van der Waals surface area contributed by atoms with Crippen molar-refractivity contribution in [2.75, 3.05) is 0 Å². The van der Waals surface area contributed by atoms with Crippen molar-refractivity contribution in [2.45, 2.75) is 43.6 Å². The molecule has 0 saturated carbocycles. The minimum absolute atomic E-state index is 0.0233. The summed E-state index contributed by atoms with van der Waals surface area (Å²) in [6, 6.07) is 18.0. The average Bonchev–Trinajstić information content (AvgIpc) is 3.25. The van der Waals surface area contributed by atoms with Crippen molar-refractivity contribution in [3.8, 4) is 0 Å². The summed E-state index contributed by atoms with van der Waals surface area (Å²) in [5.74, 6) is 0.0233. The highest BCUT2D eigenvalue weighted by atomic mass is 35.5. The van der Waals surface area contributed by atoms with Crippen LogP contribution in [0.3, 0.4) is 0 Å². The fourth-order valence-electron chi connectivity index (χ4n) is 2.82. The number of hydrogen-bond acceptors (Lipinski definition) is 1. The molecule has 1 aromatic heterocycles. The molecule has 0 fully saturated rings. The topological polar surface area (TPSA) is 28.7 Å². The van der Waals surface area contributed by atoms with Crippen LogP contribution in [0.25, 0.3) is 0 Å². The maximum absolute atomic E-state index is 11.5. The number of nitrogens with one attached hydrogen (secondary N) is 1. The monoisotopic (exact) mass is 442 g/mol. The summed E-state index contributed by atoms with van der Waals surface area (Å²) in [7, 11) is 0. The first kappa shape index (κ1) is 23.3. The molecule has 0 aliphatic heterocycles. The zero-order valence-corrected chi connectivity index (χ0v) is 17.7. The van der Waals surface area contributed by atoms with Crippen LogP contribution in [0.5, 0.6) is 0 Å². The molecule has 0 aliphatic rings. The van der Waals surface area contributed by atoms with Gasteiger partial charge in [-0.25, -0.2) is 0 Å². The van der Waals surface area contributed by atoms with Gasteiger partial charge in [0.1, 0.15) is 10.5 Å². The number of aromatic amines is 1. The summed E-state index contributed by atoms with van der Waals surface area (Å²) in [6.07, 6.45) is -1.15. The van der Waals surface area contributed by atoms with E-state index >= 15 is 0 Å². The molecule has 0 bridgehead atoms. The molecule has 3 rings (SSSR count). The van der Waals surface area contributed by atoms with Crippen LogP contribution in [-0.4, -0.2) is 15.0 Å². The van der Waals surface area contributed by atoms with Crippen molar-refractivity contribution in [2.24, 2.45) is 0 Å². The number of halogens is 5. The molecule has 0 aliphatic carbocycles. The van der Waals surface area contributed by atoms with Crippen LogP contribution in [0.2, 0.25) is 0 Å². The highest BCUT2D eigenvalue weighted by Gasteiger charge is 2.31.